The molecule has 0 aliphatic heterocycles. The molecule has 1 atom stereocenters. The molecule has 1 aliphatic carbocycles. The second-order valence-corrected chi connectivity index (χ2v) is 4.69. The molecule has 1 fully saturated rings. The van der Waals surface area contributed by atoms with Crippen LogP contribution < -0.4 is 10.6 Å². The Morgan fingerprint density at radius 3 is 2.87 bits per heavy atom. The van der Waals surface area contributed by atoms with Gasteiger partial charge in [-0.15, -0.1) is 0 Å². The van der Waals surface area contributed by atoms with E-state index in [1.807, 2.05) is 13.0 Å². The van der Waals surface area contributed by atoms with Gasteiger partial charge < -0.3 is 10.6 Å². The van der Waals surface area contributed by atoms with Crippen LogP contribution >= 0.6 is 0 Å². The summed E-state index contributed by atoms with van der Waals surface area (Å²) in [4.78, 5) is 8.51. The molecule has 0 spiro atoms. The summed E-state index contributed by atoms with van der Waals surface area (Å²) in [5.41, 5.74) is 0.420. The Morgan fingerprint density at radius 1 is 1.53 bits per heavy atom. The van der Waals surface area contributed by atoms with Crippen molar-refractivity contribution in [2.45, 2.75) is 33.2 Å². The molecule has 0 radical (unpaired) electrons. The van der Waals surface area contributed by atoms with Crippen LogP contribution in [0.5, 0.6) is 0 Å². The first-order valence-corrected chi connectivity index (χ1v) is 5.45. The van der Waals surface area contributed by atoms with Crippen molar-refractivity contribution < 1.29 is 0 Å². The summed E-state index contributed by atoms with van der Waals surface area (Å²) in [6.07, 6.45) is 3.00. The monoisotopic (exact) mass is 206 g/mol. The van der Waals surface area contributed by atoms with Gasteiger partial charge >= 0.3 is 0 Å². The highest BCUT2D eigenvalue weighted by atomic mass is 15.2. The highest BCUT2D eigenvalue weighted by Gasteiger charge is 2.45. The number of nitrogens with one attached hydrogen (secondary N) is 2. The lowest BCUT2D eigenvalue weighted by Gasteiger charge is -2.08. The van der Waals surface area contributed by atoms with Gasteiger partial charge in [0.1, 0.15) is 5.82 Å². The van der Waals surface area contributed by atoms with Crippen molar-refractivity contribution >= 4 is 11.8 Å². The highest BCUT2D eigenvalue weighted by molar-refractivity contribution is 5.42. The summed E-state index contributed by atoms with van der Waals surface area (Å²) in [5.74, 6) is 1.61. The third kappa shape index (κ3) is 2.37. The minimum Gasteiger partial charge on any atom is -0.367 e. The molecular weight excluding hydrogens is 188 g/mol. The summed E-state index contributed by atoms with van der Waals surface area (Å²) in [6.45, 7) is 7.40. The maximum absolute atomic E-state index is 4.37. The zero-order chi connectivity index (χ0) is 10.9. The van der Waals surface area contributed by atoms with Gasteiger partial charge in [-0.3, -0.25) is 0 Å². The number of aromatic nitrogens is 2. The fraction of sp³-hybridized carbons (Fsp3) is 0.636. The second-order valence-electron chi connectivity index (χ2n) is 4.69. The lowest BCUT2D eigenvalue weighted by Crippen LogP contribution is -2.11. The average molecular weight is 206 g/mol. The fourth-order valence-electron chi connectivity index (χ4n) is 1.57. The van der Waals surface area contributed by atoms with E-state index in [9.17, 15) is 0 Å². The van der Waals surface area contributed by atoms with Crippen LogP contribution in [0.25, 0.3) is 0 Å². The standard InChI is InChI=1S/C11H18N4/c1-4-12-10-13-6-5-9(15-10)14-8-7-11(8,2)3/h5-6,8H,4,7H2,1-3H3,(H2,12,13,14,15). The van der Waals surface area contributed by atoms with Gasteiger partial charge in [-0.25, -0.2) is 4.98 Å². The maximum Gasteiger partial charge on any atom is 0.224 e. The second kappa shape index (κ2) is 3.68. The van der Waals surface area contributed by atoms with Crippen LogP contribution in [0.1, 0.15) is 27.2 Å². The molecule has 2 N–H and O–H groups in total. The van der Waals surface area contributed by atoms with Crippen LogP contribution in [-0.2, 0) is 0 Å². The zero-order valence-corrected chi connectivity index (χ0v) is 9.54. The normalized spacial score (nSPS) is 22.2. The van der Waals surface area contributed by atoms with E-state index in [2.05, 4.69) is 34.4 Å². The molecule has 0 aromatic carbocycles. The zero-order valence-electron chi connectivity index (χ0n) is 9.54. The molecule has 1 unspecified atom stereocenters. The maximum atomic E-state index is 4.37. The first-order valence-electron chi connectivity index (χ1n) is 5.45. The van der Waals surface area contributed by atoms with E-state index in [1.54, 1.807) is 6.20 Å². The Kier molecular flexibility index (Phi) is 2.50. The molecule has 1 aromatic heterocycles. The summed E-state index contributed by atoms with van der Waals surface area (Å²) in [5, 5.41) is 6.51. The lowest BCUT2D eigenvalue weighted by molar-refractivity contribution is 0.630. The first kappa shape index (κ1) is 10.2. The van der Waals surface area contributed by atoms with Gasteiger partial charge in [-0.1, -0.05) is 13.8 Å². The van der Waals surface area contributed by atoms with Crippen LogP contribution in [0.2, 0.25) is 0 Å². The van der Waals surface area contributed by atoms with Crippen molar-refractivity contribution in [3.05, 3.63) is 12.3 Å². The van der Waals surface area contributed by atoms with E-state index in [0.717, 1.165) is 12.4 Å². The Bertz CT molecular complexity index is 348. The van der Waals surface area contributed by atoms with Crippen LogP contribution in [0.3, 0.4) is 0 Å². The highest BCUT2D eigenvalue weighted by Crippen LogP contribution is 2.46. The number of hydrogen-bond acceptors (Lipinski definition) is 4. The number of anilines is 2. The molecular formula is C11H18N4. The van der Waals surface area contributed by atoms with Gasteiger partial charge in [0.25, 0.3) is 0 Å². The molecule has 4 nitrogen and oxygen atoms in total. The first-order chi connectivity index (χ1) is 7.12. The summed E-state index contributed by atoms with van der Waals surface area (Å²) < 4.78 is 0. The van der Waals surface area contributed by atoms with Crippen molar-refractivity contribution in [2.75, 3.05) is 17.2 Å². The fourth-order valence-corrected chi connectivity index (χ4v) is 1.57. The van der Waals surface area contributed by atoms with Gasteiger partial charge in [-0.2, -0.15) is 4.98 Å². The molecule has 0 saturated heterocycles. The molecule has 2 rings (SSSR count). The van der Waals surface area contributed by atoms with Crippen molar-refractivity contribution in [2.24, 2.45) is 5.41 Å². The summed E-state index contributed by atoms with van der Waals surface area (Å²) >= 11 is 0. The largest absolute Gasteiger partial charge is 0.367 e. The molecule has 1 aromatic rings. The van der Waals surface area contributed by atoms with Crippen molar-refractivity contribution in [3.8, 4) is 0 Å². The van der Waals surface area contributed by atoms with Gasteiger partial charge in [0, 0.05) is 18.8 Å². The summed E-state index contributed by atoms with van der Waals surface area (Å²) in [7, 11) is 0. The predicted molar refractivity (Wildman–Crippen MR) is 62.0 cm³/mol. The number of hydrogen-bond donors (Lipinski definition) is 2. The minimum atomic E-state index is 0.420. The quantitative estimate of drug-likeness (QED) is 0.792. The van der Waals surface area contributed by atoms with E-state index in [1.165, 1.54) is 6.42 Å². The molecule has 0 amide bonds. The number of nitrogens with zero attached hydrogens (tertiary/aromatic N) is 2. The third-order valence-corrected chi connectivity index (χ3v) is 2.83. The lowest BCUT2D eigenvalue weighted by atomic mass is 10.2. The summed E-state index contributed by atoms with van der Waals surface area (Å²) in [6, 6.07) is 2.47. The van der Waals surface area contributed by atoms with Crippen molar-refractivity contribution in [1.82, 2.24) is 9.97 Å². The van der Waals surface area contributed by atoms with Crippen LogP contribution in [0.4, 0.5) is 11.8 Å². The van der Waals surface area contributed by atoms with E-state index >= 15 is 0 Å². The van der Waals surface area contributed by atoms with Gasteiger partial charge in [0.15, 0.2) is 0 Å². The van der Waals surface area contributed by atoms with Crippen molar-refractivity contribution in [1.29, 1.82) is 0 Å². The van der Waals surface area contributed by atoms with Crippen LogP contribution in [0, 0.1) is 5.41 Å². The van der Waals surface area contributed by atoms with E-state index in [-0.39, 0.29) is 0 Å². The molecule has 1 saturated carbocycles. The van der Waals surface area contributed by atoms with E-state index in [0.29, 0.717) is 17.4 Å². The van der Waals surface area contributed by atoms with Gasteiger partial charge in [-0.05, 0) is 24.8 Å². The predicted octanol–water partition coefficient (Wildman–Crippen LogP) is 2.12. The molecule has 1 aliphatic rings. The van der Waals surface area contributed by atoms with Crippen LogP contribution in [-0.4, -0.2) is 22.6 Å². The smallest absolute Gasteiger partial charge is 0.224 e. The van der Waals surface area contributed by atoms with Crippen LogP contribution in [0.15, 0.2) is 12.3 Å². The molecule has 15 heavy (non-hydrogen) atoms. The third-order valence-electron chi connectivity index (χ3n) is 2.83. The van der Waals surface area contributed by atoms with E-state index in [4.69, 9.17) is 0 Å². The van der Waals surface area contributed by atoms with E-state index < -0.39 is 0 Å². The Labute approximate surface area is 90.5 Å². The van der Waals surface area contributed by atoms with Crippen molar-refractivity contribution in [3.63, 3.8) is 0 Å². The van der Waals surface area contributed by atoms with Gasteiger partial charge in [0.05, 0.1) is 0 Å². The Morgan fingerprint density at radius 2 is 2.27 bits per heavy atom. The van der Waals surface area contributed by atoms with Gasteiger partial charge in [0.2, 0.25) is 5.95 Å². The number of rotatable bonds is 4. The molecule has 0 bridgehead atoms. The topological polar surface area (TPSA) is 49.8 Å². The molecule has 82 valence electrons. The molecule has 4 heteroatoms. The Balaban J connectivity index is 2.00. The molecule has 1 heterocycles. The average Bonchev–Trinajstić information content (AvgIpc) is 2.74. The SMILES string of the molecule is CCNc1nccc(NC2CC2(C)C)n1. The minimum absolute atomic E-state index is 0.420. The Hall–Kier alpha value is -1.32.